The van der Waals surface area contributed by atoms with Crippen LogP contribution in [0.15, 0.2) is 36.4 Å². The van der Waals surface area contributed by atoms with Gasteiger partial charge in [0.05, 0.1) is 11.3 Å². The number of benzene rings is 2. The number of hydrogen-bond donors (Lipinski definition) is 1. The van der Waals surface area contributed by atoms with Gasteiger partial charge in [0.2, 0.25) is 5.91 Å². The van der Waals surface area contributed by atoms with E-state index in [1.807, 2.05) is 0 Å². The summed E-state index contributed by atoms with van der Waals surface area (Å²) in [7, 11) is 0. The van der Waals surface area contributed by atoms with E-state index >= 15 is 0 Å². The van der Waals surface area contributed by atoms with Gasteiger partial charge in [-0.2, -0.15) is 13.2 Å². The predicted octanol–water partition coefficient (Wildman–Crippen LogP) is 3.57. The highest BCUT2D eigenvalue weighted by Gasteiger charge is 2.38. The summed E-state index contributed by atoms with van der Waals surface area (Å²) in [6, 6.07) is 7.21. The second-order valence-corrected chi connectivity index (χ2v) is 5.69. The Morgan fingerprint density at radius 2 is 1.81 bits per heavy atom. The van der Waals surface area contributed by atoms with Crippen LogP contribution < -0.4 is 14.8 Å². The molecule has 0 fully saturated rings. The molecule has 3 rings (SSSR count). The number of nitro groups is 1. The van der Waals surface area contributed by atoms with Crippen LogP contribution in [-0.2, 0) is 17.4 Å². The minimum atomic E-state index is -4.92. The van der Waals surface area contributed by atoms with E-state index in [1.165, 1.54) is 0 Å². The van der Waals surface area contributed by atoms with E-state index in [2.05, 4.69) is 5.32 Å². The average molecular weight is 382 g/mol. The van der Waals surface area contributed by atoms with Crippen molar-refractivity contribution in [2.45, 2.75) is 12.6 Å². The minimum Gasteiger partial charge on any atom is -0.486 e. The van der Waals surface area contributed by atoms with Gasteiger partial charge in [0.25, 0.3) is 5.69 Å². The molecule has 0 aliphatic carbocycles. The number of alkyl halides is 3. The molecule has 0 bridgehead atoms. The van der Waals surface area contributed by atoms with E-state index in [1.54, 1.807) is 18.2 Å². The van der Waals surface area contributed by atoms with Gasteiger partial charge in [0, 0.05) is 11.8 Å². The van der Waals surface area contributed by atoms with E-state index in [0.717, 1.165) is 6.07 Å². The molecule has 0 radical (unpaired) electrons. The van der Waals surface area contributed by atoms with Crippen LogP contribution in [0.4, 0.5) is 24.5 Å². The zero-order valence-corrected chi connectivity index (χ0v) is 13.7. The summed E-state index contributed by atoms with van der Waals surface area (Å²) >= 11 is 0. The number of anilines is 1. The van der Waals surface area contributed by atoms with Gasteiger partial charge in [0.1, 0.15) is 18.8 Å². The zero-order chi connectivity index (χ0) is 19.6. The fourth-order valence-corrected chi connectivity index (χ4v) is 2.59. The number of carbonyl (C=O) groups is 1. The zero-order valence-electron chi connectivity index (χ0n) is 13.7. The van der Waals surface area contributed by atoms with Crippen LogP contribution in [0, 0.1) is 10.1 Å². The summed E-state index contributed by atoms with van der Waals surface area (Å²) in [5, 5.41) is 13.1. The Morgan fingerprint density at radius 1 is 1.11 bits per heavy atom. The first-order valence-corrected chi connectivity index (χ1v) is 7.78. The van der Waals surface area contributed by atoms with Gasteiger partial charge in [0.15, 0.2) is 11.5 Å². The first kappa shape index (κ1) is 18.5. The van der Waals surface area contributed by atoms with Gasteiger partial charge in [-0.25, -0.2) is 0 Å². The van der Waals surface area contributed by atoms with Crippen molar-refractivity contribution in [2.24, 2.45) is 0 Å². The normalized spacial score (nSPS) is 13.1. The van der Waals surface area contributed by atoms with E-state index < -0.39 is 28.3 Å². The lowest BCUT2D eigenvalue weighted by atomic mass is 10.1. The molecule has 142 valence electrons. The van der Waals surface area contributed by atoms with Crippen LogP contribution in [0.3, 0.4) is 0 Å². The number of nitrogens with one attached hydrogen (secondary N) is 1. The van der Waals surface area contributed by atoms with Crippen LogP contribution in [0.2, 0.25) is 0 Å². The van der Waals surface area contributed by atoms with Gasteiger partial charge in [-0.05, 0) is 29.8 Å². The summed E-state index contributed by atoms with van der Waals surface area (Å²) < 4.78 is 49.7. The smallest absolute Gasteiger partial charge is 0.423 e. The Morgan fingerprint density at radius 3 is 2.48 bits per heavy atom. The standard InChI is InChI=1S/C17H13F3N2O5/c18-17(19,20)12-9-11(2-3-13(12)22(24)25)21-16(23)8-10-1-4-14-15(7-10)27-6-5-26-14/h1-4,7,9H,5-6,8H2,(H,21,23). The molecule has 0 aromatic heterocycles. The molecule has 1 heterocycles. The third-order valence-corrected chi connectivity index (χ3v) is 3.75. The highest BCUT2D eigenvalue weighted by molar-refractivity contribution is 5.92. The molecule has 0 saturated carbocycles. The van der Waals surface area contributed by atoms with Crippen molar-refractivity contribution in [1.82, 2.24) is 0 Å². The average Bonchev–Trinajstić information content (AvgIpc) is 2.60. The van der Waals surface area contributed by atoms with Gasteiger partial charge >= 0.3 is 6.18 Å². The van der Waals surface area contributed by atoms with Crippen LogP contribution in [0.1, 0.15) is 11.1 Å². The molecule has 2 aromatic carbocycles. The highest BCUT2D eigenvalue weighted by Crippen LogP contribution is 2.37. The second kappa shape index (κ2) is 7.14. The topological polar surface area (TPSA) is 90.7 Å². The van der Waals surface area contributed by atoms with Crippen molar-refractivity contribution < 1.29 is 32.4 Å². The van der Waals surface area contributed by atoms with Gasteiger partial charge in [-0.1, -0.05) is 6.07 Å². The summed E-state index contributed by atoms with van der Waals surface area (Å²) in [6.45, 7) is 0.806. The fourth-order valence-electron chi connectivity index (χ4n) is 2.59. The number of rotatable bonds is 4. The maximum absolute atomic E-state index is 13.0. The Hall–Kier alpha value is -3.30. The molecule has 0 spiro atoms. The summed E-state index contributed by atoms with van der Waals surface area (Å²) in [6.07, 6.45) is -5.03. The van der Waals surface area contributed by atoms with Crippen molar-refractivity contribution in [3.63, 3.8) is 0 Å². The summed E-state index contributed by atoms with van der Waals surface area (Å²) in [5.41, 5.74) is -2.11. The maximum atomic E-state index is 13.0. The van der Waals surface area contributed by atoms with Crippen LogP contribution >= 0.6 is 0 Å². The van der Waals surface area contributed by atoms with E-state index in [4.69, 9.17) is 9.47 Å². The quantitative estimate of drug-likeness (QED) is 0.645. The molecular weight excluding hydrogens is 369 g/mol. The molecular formula is C17H13F3N2O5. The van der Waals surface area contributed by atoms with Crippen molar-refractivity contribution in [3.8, 4) is 11.5 Å². The number of nitro benzene ring substituents is 1. The molecule has 27 heavy (non-hydrogen) atoms. The first-order chi connectivity index (χ1) is 12.7. The number of hydrogen-bond acceptors (Lipinski definition) is 5. The van der Waals surface area contributed by atoms with Crippen molar-refractivity contribution >= 4 is 17.3 Å². The number of amides is 1. The van der Waals surface area contributed by atoms with E-state index in [-0.39, 0.29) is 12.1 Å². The minimum absolute atomic E-state index is 0.116. The first-order valence-electron chi connectivity index (χ1n) is 7.78. The van der Waals surface area contributed by atoms with Crippen LogP contribution in [-0.4, -0.2) is 24.0 Å². The Balaban J connectivity index is 1.75. The van der Waals surface area contributed by atoms with E-state index in [0.29, 0.717) is 42.4 Å². The molecule has 0 unspecified atom stereocenters. The Labute approximate surface area is 150 Å². The summed E-state index contributed by atoms with van der Waals surface area (Å²) in [4.78, 5) is 21.8. The lowest BCUT2D eigenvalue weighted by Gasteiger charge is -2.18. The van der Waals surface area contributed by atoms with Crippen molar-refractivity contribution in [3.05, 3.63) is 57.6 Å². The lowest BCUT2D eigenvalue weighted by Crippen LogP contribution is -2.17. The number of carbonyl (C=O) groups excluding carboxylic acids is 1. The molecule has 10 heteroatoms. The van der Waals surface area contributed by atoms with Crippen molar-refractivity contribution in [1.29, 1.82) is 0 Å². The second-order valence-electron chi connectivity index (χ2n) is 5.69. The molecule has 1 aliphatic rings. The molecule has 1 amide bonds. The van der Waals surface area contributed by atoms with E-state index in [9.17, 15) is 28.1 Å². The maximum Gasteiger partial charge on any atom is 0.423 e. The van der Waals surface area contributed by atoms with Crippen molar-refractivity contribution in [2.75, 3.05) is 18.5 Å². The van der Waals surface area contributed by atoms with Gasteiger partial charge < -0.3 is 14.8 Å². The van der Waals surface area contributed by atoms with Gasteiger partial charge in [-0.15, -0.1) is 0 Å². The molecule has 0 saturated heterocycles. The number of nitrogens with zero attached hydrogens (tertiary/aromatic N) is 1. The highest BCUT2D eigenvalue weighted by atomic mass is 19.4. The number of ether oxygens (including phenoxy) is 2. The fraction of sp³-hybridized carbons (Fsp3) is 0.235. The monoisotopic (exact) mass is 382 g/mol. The summed E-state index contributed by atoms with van der Waals surface area (Å²) in [5.74, 6) is 0.463. The molecule has 0 atom stereocenters. The molecule has 2 aromatic rings. The Bertz CT molecular complexity index is 899. The van der Waals surface area contributed by atoms with Crippen LogP contribution in [0.25, 0.3) is 0 Å². The largest absolute Gasteiger partial charge is 0.486 e. The third-order valence-electron chi connectivity index (χ3n) is 3.75. The predicted molar refractivity (Wildman–Crippen MR) is 87.9 cm³/mol. The number of fused-ring (bicyclic) bond motifs is 1. The lowest BCUT2D eigenvalue weighted by molar-refractivity contribution is -0.388. The van der Waals surface area contributed by atoms with Crippen LogP contribution in [0.5, 0.6) is 11.5 Å². The van der Waals surface area contributed by atoms with Gasteiger partial charge in [-0.3, -0.25) is 14.9 Å². The molecule has 1 aliphatic heterocycles. The third kappa shape index (κ3) is 4.27. The number of halogens is 3. The molecule has 7 nitrogen and oxygen atoms in total. The SMILES string of the molecule is O=C(Cc1ccc2c(c1)OCCO2)Nc1ccc([N+](=O)[O-])c(C(F)(F)F)c1. The Kier molecular flexibility index (Phi) is 4.89. The molecule has 1 N–H and O–H groups in total.